The van der Waals surface area contributed by atoms with Crippen LogP contribution in [0.25, 0.3) is 0 Å². The first kappa shape index (κ1) is 9.30. The molecule has 1 aliphatic carbocycles. The third-order valence-corrected chi connectivity index (χ3v) is 2.88. The molecule has 1 saturated heterocycles. The van der Waals surface area contributed by atoms with Crippen molar-refractivity contribution in [2.75, 3.05) is 13.2 Å². The molecule has 5 heteroatoms. The van der Waals surface area contributed by atoms with Gasteiger partial charge in [-0.2, -0.15) is 0 Å². The molecular formula is C10H15N3O2. The predicted octanol–water partition coefficient (Wildman–Crippen LogP) is 0.825. The second kappa shape index (κ2) is 3.90. The summed E-state index contributed by atoms with van der Waals surface area (Å²) in [5, 5.41) is 11.4. The average molecular weight is 209 g/mol. The molecule has 1 atom stereocenters. The summed E-state index contributed by atoms with van der Waals surface area (Å²) in [6.45, 7) is 2.23. The molecule has 15 heavy (non-hydrogen) atoms. The van der Waals surface area contributed by atoms with Crippen molar-refractivity contribution in [1.82, 2.24) is 15.5 Å². The first-order valence-electron chi connectivity index (χ1n) is 5.55. The van der Waals surface area contributed by atoms with E-state index in [0.717, 1.165) is 25.5 Å². The highest BCUT2D eigenvalue weighted by Gasteiger charge is 2.24. The highest BCUT2D eigenvalue weighted by molar-refractivity contribution is 4.94. The van der Waals surface area contributed by atoms with Crippen LogP contribution in [0.3, 0.4) is 0 Å². The summed E-state index contributed by atoms with van der Waals surface area (Å²) in [7, 11) is 0. The minimum Gasteiger partial charge on any atom is -0.423 e. The van der Waals surface area contributed by atoms with Gasteiger partial charge < -0.3 is 14.5 Å². The van der Waals surface area contributed by atoms with Crippen LogP contribution in [0.4, 0.5) is 0 Å². The van der Waals surface area contributed by atoms with Gasteiger partial charge in [-0.1, -0.05) is 0 Å². The van der Waals surface area contributed by atoms with E-state index in [1.54, 1.807) is 0 Å². The van der Waals surface area contributed by atoms with Crippen LogP contribution in [0.15, 0.2) is 4.42 Å². The zero-order valence-electron chi connectivity index (χ0n) is 8.61. The molecule has 1 saturated carbocycles. The first-order chi connectivity index (χ1) is 7.42. The molecule has 1 N–H and O–H groups in total. The van der Waals surface area contributed by atoms with E-state index in [9.17, 15) is 0 Å². The Hall–Kier alpha value is -0.940. The SMILES string of the molecule is C1CC(c2nnc(CNC3CC3)o2)CO1. The van der Waals surface area contributed by atoms with E-state index in [0.29, 0.717) is 24.4 Å². The number of aromatic nitrogens is 2. The number of nitrogens with one attached hydrogen (secondary N) is 1. The second-order valence-corrected chi connectivity index (χ2v) is 4.25. The summed E-state index contributed by atoms with van der Waals surface area (Å²) in [6, 6.07) is 0.676. The molecule has 1 aromatic heterocycles. The van der Waals surface area contributed by atoms with Crippen LogP contribution >= 0.6 is 0 Å². The summed E-state index contributed by atoms with van der Waals surface area (Å²) >= 11 is 0. The molecule has 2 fully saturated rings. The lowest BCUT2D eigenvalue weighted by Gasteiger charge is -1.99. The first-order valence-corrected chi connectivity index (χ1v) is 5.55. The van der Waals surface area contributed by atoms with Gasteiger partial charge in [0.25, 0.3) is 0 Å². The van der Waals surface area contributed by atoms with Crippen LogP contribution in [0, 0.1) is 0 Å². The molecule has 2 heterocycles. The van der Waals surface area contributed by atoms with Crippen molar-refractivity contribution in [3.8, 4) is 0 Å². The van der Waals surface area contributed by atoms with Crippen molar-refractivity contribution in [1.29, 1.82) is 0 Å². The Balaban J connectivity index is 1.59. The molecule has 82 valence electrons. The van der Waals surface area contributed by atoms with Crippen molar-refractivity contribution in [2.24, 2.45) is 0 Å². The van der Waals surface area contributed by atoms with Crippen molar-refractivity contribution in [3.63, 3.8) is 0 Å². The van der Waals surface area contributed by atoms with E-state index >= 15 is 0 Å². The third-order valence-electron chi connectivity index (χ3n) is 2.88. The average Bonchev–Trinajstić information content (AvgIpc) is 2.78. The maximum absolute atomic E-state index is 5.58. The smallest absolute Gasteiger partial charge is 0.230 e. The molecule has 0 amide bonds. The van der Waals surface area contributed by atoms with E-state index in [-0.39, 0.29) is 0 Å². The summed E-state index contributed by atoms with van der Waals surface area (Å²) in [6.07, 6.45) is 3.55. The predicted molar refractivity (Wildman–Crippen MR) is 52.3 cm³/mol. The fraction of sp³-hybridized carbons (Fsp3) is 0.800. The van der Waals surface area contributed by atoms with Crippen LogP contribution in [0.1, 0.15) is 37.0 Å². The molecule has 0 aromatic carbocycles. The molecule has 0 radical (unpaired) electrons. The lowest BCUT2D eigenvalue weighted by atomic mass is 10.1. The fourth-order valence-electron chi connectivity index (χ4n) is 1.75. The standard InChI is InChI=1S/C10H15N3O2/c1-2-8(1)11-5-9-12-13-10(15-9)7-3-4-14-6-7/h7-8,11H,1-6H2. The highest BCUT2D eigenvalue weighted by atomic mass is 16.5. The number of rotatable bonds is 4. The Bertz CT molecular complexity index is 329. The lowest BCUT2D eigenvalue weighted by molar-refractivity contribution is 0.190. The van der Waals surface area contributed by atoms with Gasteiger partial charge >= 0.3 is 0 Å². The number of hydrogen-bond acceptors (Lipinski definition) is 5. The van der Waals surface area contributed by atoms with E-state index < -0.39 is 0 Å². The Morgan fingerprint density at radius 3 is 2.93 bits per heavy atom. The molecule has 3 rings (SSSR count). The maximum Gasteiger partial charge on any atom is 0.230 e. The van der Waals surface area contributed by atoms with Crippen molar-refractivity contribution < 1.29 is 9.15 Å². The van der Waals surface area contributed by atoms with Crippen molar-refractivity contribution in [3.05, 3.63) is 11.8 Å². The van der Waals surface area contributed by atoms with Crippen molar-refractivity contribution in [2.45, 2.75) is 37.8 Å². The lowest BCUT2D eigenvalue weighted by Crippen LogP contribution is -2.15. The zero-order chi connectivity index (χ0) is 10.1. The van der Waals surface area contributed by atoms with Gasteiger partial charge in [0.15, 0.2) is 0 Å². The van der Waals surface area contributed by atoms with Gasteiger partial charge in [0.05, 0.1) is 19.1 Å². The monoisotopic (exact) mass is 209 g/mol. The van der Waals surface area contributed by atoms with Gasteiger partial charge in [-0.15, -0.1) is 10.2 Å². The van der Waals surface area contributed by atoms with Crippen LogP contribution in [0.5, 0.6) is 0 Å². The van der Waals surface area contributed by atoms with Gasteiger partial charge in [-0.05, 0) is 19.3 Å². The van der Waals surface area contributed by atoms with E-state index in [4.69, 9.17) is 9.15 Å². The van der Waals surface area contributed by atoms with E-state index in [2.05, 4.69) is 15.5 Å². The molecule has 1 aromatic rings. The Kier molecular flexibility index (Phi) is 2.42. The number of ether oxygens (including phenoxy) is 1. The summed E-state index contributed by atoms with van der Waals surface area (Å²) in [5.41, 5.74) is 0. The van der Waals surface area contributed by atoms with E-state index in [1.807, 2.05) is 0 Å². The molecule has 0 spiro atoms. The highest BCUT2D eigenvalue weighted by Crippen LogP contribution is 2.24. The Morgan fingerprint density at radius 2 is 2.20 bits per heavy atom. The molecular weight excluding hydrogens is 194 g/mol. The number of nitrogens with zero attached hydrogens (tertiary/aromatic N) is 2. The minimum absolute atomic E-state index is 0.312. The third kappa shape index (κ3) is 2.18. The second-order valence-electron chi connectivity index (χ2n) is 4.25. The summed E-state index contributed by atoms with van der Waals surface area (Å²) in [5.74, 6) is 1.75. The van der Waals surface area contributed by atoms with Crippen LogP contribution in [-0.2, 0) is 11.3 Å². The Labute approximate surface area is 88.2 Å². The van der Waals surface area contributed by atoms with Crippen LogP contribution in [0.2, 0.25) is 0 Å². The summed E-state index contributed by atoms with van der Waals surface area (Å²) in [4.78, 5) is 0. The van der Waals surface area contributed by atoms with Crippen molar-refractivity contribution >= 4 is 0 Å². The van der Waals surface area contributed by atoms with Gasteiger partial charge in [-0.3, -0.25) is 0 Å². The molecule has 5 nitrogen and oxygen atoms in total. The quantitative estimate of drug-likeness (QED) is 0.795. The molecule has 1 unspecified atom stereocenters. The molecule has 1 aliphatic heterocycles. The largest absolute Gasteiger partial charge is 0.423 e. The van der Waals surface area contributed by atoms with Gasteiger partial charge in [0.2, 0.25) is 11.8 Å². The van der Waals surface area contributed by atoms with Gasteiger partial charge in [0, 0.05) is 12.6 Å². The van der Waals surface area contributed by atoms with E-state index in [1.165, 1.54) is 12.8 Å². The minimum atomic E-state index is 0.312. The molecule has 0 bridgehead atoms. The maximum atomic E-state index is 5.58. The van der Waals surface area contributed by atoms with Crippen LogP contribution in [-0.4, -0.2) is 29.5 Å². The van der Waals surface area contributed by atoms with Gasteiger partial charge in [-0.25, -0.2) is 0 Å². The normalized spacial score (nSPS) is 26.0. The fourth-order valence-corrected chi connectivity index (χ4v) is 1.75. The topological polar surface area (TPSA) is 60.2 Å². The zero-order valence-corrected chi connectivity index (χ0v) is 8.61. The number of hydrogen-bond donors (Lipinski definition) is 1. The van der Waals surface area contributed by atoms with Gasteiger partial charge in [0.1, 0.15) is 0 Å². The summed E-state index contributed by atoms with van der Waals surface area (Å²) < 4.78 is 10.9. The molecule has 2 aliphatic rings. The van der Waals surface area contributed by atoms with Crippen LogP contribution < -0.4 is 5.32 Å². The Morgan fingerprint density at radius 1 is 1.27 bits per heavy atom.